The number of rotatable bonds is 5. The number of hydrogen-bond acceptors (Lipinski definition) is 5. The number of benzene rings is 1. The molecular weight excluding hydrogens is 256 g/mol. The van der Waals surface area contributed by atoms with Gasteiger partial charge in [-0.25, -0.2) is 4.79 Å². The summed E-state index contributed by atoms with van der Waals surface area (Å²) < 4.78 is 10.6. The molecule has 1 heterocycles. The third-order valence-corrected chi connectivity index (χ3v) is 2.62. The largest absolute Gasteiger partial charge is 0.488 e. The Kier molecular flexibility index (Phi) is 4.55. The third-order valence-electron chi connectivity index (χ3n) is 2.62. The van der Waals surface area contributed by atoms with Crippen LogP contribution in [0.5, 0.6) is 5.75 Å². The zero-order valence-corrected chi connectivity index (χ0v) is 11.2. The summed E-state index contributed by atoms with van der Waals surface area (Å²) >= 11 is 0. The molecular formula is C15H16N2O3. The quantitative estimate of drug-likeness (QED) is 0.668. The molecule has 2 aromatic rings. The Bertz CT molecular complexity index is 585. The second kappa shape index (κ2) is 6.56. The van der Waals surface area contributed by atoms with E-state index in [1.807, 2.05) is 12.1 Å². The van der Waals surface area contributed by atoms with Crippen molar-refractivity contribution in [2.45, 2.75) is 13.5 Å². The molecule has 5 nitrogen and oxygen atoms in total. The first-order valence-corrected chi connectivity index (χ1v) is 6.29. The van der Waals surface area contributed by atoms with Crippen molar-refractivity contribution in [3.05, 3.63) is 53.9 Å². The summed E-state index contributed by atoms with van der Waals surface area (Å²) in [6.07, 6.45) is 3.40. The Morgan fingerprint density at radius 2 is 2.20 bits per heavy atom. The predicted octanol–water partition coefficient (Wildman–Crippen LogP) is 2.42. The van der Waals surface area contributed by atoms with E-state index in [9.17, 15) is 4.79 Å². The molecule has 0 aliphatic heterocycles. The van der Waals surface area contributed by atoms with Crippen molar-refractivity contribution in [1.29, 1.82) is 0 Å². The number of pyridine rings is 1. The van der Waals surface area contributed by atoms with Gasteiger partial charge in [0.2, 0.25) is 0 Å². The lowest BCUT2D eigenvalue weighted by molar-refractivity contribution is 0.0521. The van der Waals surface area contributed by atoms with Gasteiger partial charge in [0.15, 0.2) is 0 Å². The van der Waals surface area contributed by atoms with Gasteiger partial charge >= 0.3 is 5.97 Å². The van der Waals surface area contributed by atoms with Crippen LogP contribution in [0.2, 0.25) is 0 Å². The SMILES string of the molecule is CCOC(=O)c1cc(N)ccc1OCc1cccnc1. The fourth-order valence-corrected chi connectivity index (χ4v) is 1.69. The average molecular weight is 272 g/mol. The Labute approximate surface area is 117 Å². The third kappa shape index (κ3) is 3.47. The van der Waals surface area contributed by atoms with Crippen LogP contribution in [-0.4, -0.2) is 17.6 Å². The highest BCUT2D eigenvalue weighted by molar-refractivity contribution is 5.93. The number of ether oxygens (including phenoxy) is 2. The molecule has 1 aromatic carbocycles. The van der Waals surface area contributed by atoms with Crippen LogP contribution in [-0.2, 0) is 11.3 Å². The first-order valence-electron chi connectivity index (χ1n) is 6.29. The van der Waals surface area contributed by atoms with E-state index in [-0.39, 0.29) is 0 Å². The van der Waals surface area contributed by atoms with Crippen molar-refractivity contribution in [3.8, 4) is 5.75 Å². The summed E-state index contributed by atoms with van der Waals surface area (Å²) in [6.45, 7) is 2.38. The molecule has 104 valence electrons. The van der Waals surface area contributed by atoms with Crippen LogP contribution >= 0.6 is 0 Å². The minimum Gasteiger partial charge on any atom is -0.488 e. The smallest absolute Gasteiger partial charge is 0.341 e. The Hall–Kier alpha value is -2.56. The second-order valence-electron chi connectivity index (χ2n) is 4.13. The van der Waals surface area contributed by atoms with E-state index in [0.717, 1.165) is 5.56 Å². The van der Waals surface area contributed by atoms with E-state index in [1.54, 1.807) is 37.5 Å². The van der Waals surface area contributed by atoms with Crippen LogP contribution < -0.4 is 10.5 Å². The summed E-state index contributed by atoms with van der Waals surface area (Å²) in [5, 5.41) is 0. The van der Waals surface area contributed by atoms with Crippen LogP contribution in [0.15, 0.2) is 42.7 Å². The maximum atomic E-state index is 11.9. The van der Waals surface area contributed by atoms with Gasteiger partial charge in [-0.05, 0) is 31.2 Å². The van der Waals surface area contributed by atoms with Gasteiger partial charge in [-0.2, -0.15) is 0 Å². The first-order chi connectivity index (χ1) is 9.70. The molecule has 2 rings (SSSR count). The Morgan fingerprint density at radius 1 is 1.35 bits per heavy atom. The van der Waals surface area contributed by atoms with Gasteiger partial charge < -0.3 is 15.2 Å². The normalized spacial score (nSPS) is 10.1. The predicted molar refractivity (Wildman–Crippen MR) is 75.4 cm³/mol. The molecule has 2 N–H and O–H groups in total. The lowest BCUT2D eigenvalue weighted by atomic mass is 10.2. The van der Waals surface area contributed by atoms with Crippen molar-refractivity contribution in [1.82, 2.24) is 4.98 Å². The van der Waals surface area contributed by atoms with E-state index >= 15 is 0 Å². The molecule has 20 heavy (non-hydrogen) atoms. The van der Waals surface area contributed by atoms with Gasteiger partial charge in [0.25, 0.3) is 0 Å². The van der Waals surface area contributed by atoms with Crippen LogP contribution in [0.25, 0.3) is 0 Å². The molecule has 0 amide bonds. The Balaban J connectivity index is 2.16. The first kappa shape index (κ1) is 13.9. The van der Waals surface area contributed by atoms with Gasteiger partial charge in [-0.3, -0.25) is 4.98 Å². The van der Waals surface area contributed by atoms with Crippen LogP contribution in [0.1, 0.15) is 22.8 Å². The number of esters is 1. The van der Waals surface area contributed by atoms with Crippen molar-refractivity contribution in [3.63, 3.8) is 0 Å². The minimum atomic E-state index is -0.444. The molecule has 0 atom stereocenters. The topological polar surface area (TPSA) is 74.4 Å². The fourth-order valence-electron chi connectivity index (χ4n) is 1.69. The summed E-state index contributed by atoms with van der Waals surface area (Å²) in [5.74, 6) is 0.00231. The summed E-state index contributed by atoms with van der Waals surface area (Å²) in [6, 6.07) is 8.62. The molecule has 0 bridgehead atoms. The van der Waals surface area contributed by atoms with E-state index in [0.29, 0.717) is 30.2 Å². The standard InChI is InChI=1S/C15H16N2O3/c1-2-19-15(18)13-8-12(16)5-6-14(13)20-10-11-4-3-7-17-9-11/h3-9H,2,10,16H2,1H3. The molecule has 5 heteroatoms. The van der Waals surface area contributed by atoms with Crippen molar-refractivity contribution in [2.24, 2.45) is 0 Å². The molecule has 0 saturated carbocycles. The molecule has 0 unspecified atom stereocenters. The molecule has 0 aliphatic rings. The number of nitrogen functional groups attached to an aromatic ring is 1. The number of anilines is 1. The molecule has 0 aliphatic carbocycles. The summed E-state index contributed by atoms with van der Waals surface area (Å²) in [4.78, 5) is 15.9. The fraction of sp³-hybridized carbons (Fsp3) is 0.200. The molecule has 1 aromatic heterocycles. The number of hydrogen-bond donors (Lipinski definition) is 1. The number of carbonyl (C=O) groups is 1. The zero-order valence-electron chi connectivity index (χ0n) is 11.2. The highest BCUT2D eigenvalue weighted by atomic mass is 16.5. The van der Waals surface area contributed by atoms with Gasteiger partial charge in [0.1, 0.15) is 17.9 Å². The zero-order chi connectivity index (χ0) is 14.4. The van der Waals surface area contributed by atoms with Crippen molar-refractivity contribution in [2.75, 3.05) is 12.3 Å². The van der Waals surface area contributed by atoms with E-state index in [4.69, 9.17) is 15.2 Å². The van der Waals surface area contributed by atoms with Gasteiger partial charge in [-0.1, -0.05) is 6.07 Å². The van der Waals surface area contributed by atoms with Gasteiger partial charge in [0, 0.05) is 23.6 Å². The molecule has 0 spiro atoms. The van der Waals surface area contributed by atoms with Crippen LogP contribution in [0, 0.1) is 0 Å². The van der Waals surface area contributed by atoms with Gasteiger partial charge in [-0.15, -0.1) is 0 Å². The lowest BCUT2D eigenvalue weighted by Crippen LogP contribution is -2.08. The second-order valence-corrected chi connectivity index (χ2v) is 4.13. The maximum absolute atomic E-state index is 11.9. The van der Waals surface area contributed by atoms with E-state index in [1.165, 1.54) is 0 Å². The highest BCUT2D eigenvalue weighted by Gasteiger charge is 2.14. The van der Waals surface area contributed by atoms with Crippen molar-refractivity contribution < 1.29 is 14.3 Å². The van der Waals surface area contributed by atoms with E-state index in [2.05, 4.69) is 4.98 Å². The van der Waals surface area contributed by atoms with E-state index < -0.39 is 5.97 Å². The number of nitrogens with two attached hydrogens (primary N) is 1. The minimum absolute atomic E-state index is 0.301. The Morgan fingerprint density at radius 3 is 2.90 bits per heavy atom. The van der Waals surface area contributed by atoms with Gasteiger partial charge in [0.05, 0.1) is 6.61 Å². The van der Waals surface area contributed by atoms with Crippen LogP contribution in [0.3, 0.4) is 0 Å². The average Bonchev–Trinajstić information content (AvgIpc) is 2.47. The summed E-state index contributed by atoms with van der Waals surface area (Å²) in [7, 11) is 0. The lowest BCUT2D eigenvalue weighted by Gasteiger charge is -2.11. The molecule has 0 saturated heterocycles. The summed E-state index contributed by atoms with van der Waals surface area (Å²) in [5.41, 5.74) is 7.43. The number of carbonyl (C=O) groups excluding carboxylic acids is 1. The molecule has 0 radical (unpaired) electrons. The monoisotopic (exact) mass is 272 g/mol. The van der Waals surface area contributed by atoms with Crippen LogP contribution in [0.4, 0.5) is 5.69 Å². The van der Waals surface area contributed by atoms with Crippen molar-refractivity contribution >= 4 is 11.7 Å². The molecule has 0 fully saturated rings. The number of nitrogens with zero attached hydrogens (tertiary/aromatic N) is 1. The maximum Gasteiger partial charge on any atom is 0.341 e. The highest BCUT2D eigenvalue weighted by Crippen LogP contribution is 2.23. The number of aromatic nitrogens is 1.